The highest BCUT2D eigenvalue weighted by atomic mass is 14.9. The van der Waals surface area contributed by atoms with Crippen molar-refractivity contribution in [3.8, 4) is 67.3 Å². The van der Waals surface area contributed by atoms with Crippen LogP contribution in [0.15, 0.2) is 194 Å². The fourth-order valence-electron chi connectivity index (χ4n) is 6.96. The minimum Gasteiger partial charge on any atom is -0.228 e. The molecule has 0 atom stereocenters. The minimum atomic E-state index is 0.697. The van der Waals surface area contributed by atoms with Crippen molar-refractivity contribution in [2.24, 2.45) is 0 Å². The zero-order chi connectivity index (χ0) is 33.3. The normalized spacial score (nSPS) is 11.2. The lowest BCUT2D eigenvalue weighted by atomic mass is 9.95. The number of hydrogen-bond acceptors (Lipinski definition) is 2. The topological polar surface area (TPSA) is 25.8 Å². The average molecular weight is 637 g/mol. The van der Waals surface area contributed by atoms with Crippen molar-refractivity contribution in [1.29, 1.82) is 0 Å². The fraction of sp³-hybridized carbons (Fsp3) is 0. The lowest BCUT2D eigenvalue weighted by Crippen LogP contribution is -1.96. The lowest BCUT2D eigenvalue weighted by molar-refractivity contribution is 1.18. The predicted octanol–water partition coefficient (Wildman–Crippen LogP) is 12.8. The highest BCUT2D eigenvalue weighted by molar-refractivity contribution is 5.98. The van der Waals surface area contributed by atoms with Gasteiger partial charge in [-0.2, -0.15) is 0 Å². The van der Waals surface area contributed by atoms with Crippen LogP contribution in [-0.4, -0.2) is 9.97 Å². The second kappa shape index (κ2) is 12.8. The molecule has 0 aliphatic carbocycles. The Morgan fingerprint density at radius 2 is 0.680 bits per heavy atom. The molecule has 0 aliphatic heterocycles. The quantitative estimate of drug-likeness (QED) is 0.181. The monoisotopic (exact) mass is 636 g/mol. The third-order valence-electron chi connectivity index (χ3n) is 9.49. The van der Waals surface area contributed by atoms with Crippen LogP contribution in [0.1, 0.15) is 0 Å². The van der Waals surface area contributed by atoms with Crippen LogP contribution in [0, 0.1) is 0 Å². The van der Waals surface area contributed by atoms with Gasteiger partial charge in [-0.1, -0.05) is 176 Å². The molecule has 0 saturated carbocycles. The SMILES string of the molecule is c1ccc(-c2ccc(-c3cc(-c4cccc(-c5cccc6ccccc56)c4)nc(-c4cccc(-c5cccc6ccccc56)c4)n3)cc2)cc1. The first-order valence-corrected chi connectivity index (χ1v) is 17.0. The second-order valence-electron chi connectivity index (χ2n) is 12.6. The summed E-state index contributed by atoms with van der Waals surface area (Å²) in [6, 6.07) is 68.7. The number of fused-ring (bicyclic) bond motifs is 2. The third-order valence-corrected chi connectivity index (χ3v) is 9.49. The minimum absolute atomic E-state index is 0.697. The molecular weight excluding hydrogens is 605 g/mol. The summed E-state index contributed by atoms with van der Waals surface area (Å²) in [7, 11) is 0. The van der Waals surface area contributed by atoms with Gasteiger partial charge < -0.3 is 0 Å². The van der Waals surface area contributed by atoms with Gasteiger partial charge in [0.2, 0.25) is 0 Å². The van der Waals surface area contributed by atoms with Crippen molar-refractivity contribution in [2.45, 2.75) is 0 Å². The molecule has 1 aromatic heterocycles. The highest BCUT2D eigenvalue weighted by Gasteiger charge is 2.14. The Bertz CT molecular complexity index is 2490. The van der Waals surface area contributed by atoms with Crippen LogP contribution in [0.2, 0.25) is 0 Å². The van der Waals surface area contributed by atoms with Gasteiger partial charge >= 0.3 is 0 Å². The number of aromatic nitrogens is 2. The summed E-state index contributed by atoms with van der Waals surface area (Å²) in [5.41, 5.74) is 11.9. The Morgan fingerprint density at radius 3 is 1.32 bits per heavy atom. The maximum Gasteiger partial charge on any atom is 0.160 e. The van der Waals surface area contributed by atoms with E-state index in [1.165, 1.54) is 43.8 Å². The molecule has 2 nitrogen and oxygen atoms in total. The number of nitrogens with zero attached hydrogens (tertiary/aromatic N) is 2. The van der Waals surface area contributed by atoms with Crippen LogP contribution in [0.25, 0.3) is 88.8 Å². The number of benzene rings is 8. The molecule has 1 heterocycles. The van der Waals surface area contributed by atoms with E-state index < -0.39 is 0 Å². The van der Waals surface area contributed by atoms with Gasteiger partial charge in [-0.3, -0.25) is 0 Å². The van der Waals surface area contributed by atoms with E-state index in [2.05, 4.69) is 188 Å². The van der Waals surface area contributed by atoms with Gasteiger partial charge in [0, 0.05) is 16.7 Å². The first-order valence-electron chi connectivity index (χ1n) is 17.0. The average Bonchev–Trinajstić information content (AvgIpc) is 3.21. The predicted molar refractivity (Wildman–Crippen MR) is 210 cm³/mol. The van der Waals surface area contributed by atoms with Gasteiger partial charge in [0.05, 0.1) is 11.4 Å². The van der Waals surface area contributed by atoms with E-state index in [-0.39, 0.29) is 0 Å². The zero-order valence-electron chi connectivity index (χ0n) is 27.4. The van der Waals surface area contributed by atoms with Crippen molar-refractivity contribution in [3.63, 3.8) is 0 Å². The first kappa shape index (κ1) is 29.5. The maximum atomic E-state index is 5.25. The Morgan fingerprint density at radius 1 is 0.260 bits per heavy atom. The summed E-state index contributed by atoms with van der Waals surface area (Å²) in [6.07, 6.45) is 0. The molecule has 8 aromatic carbocycles. The highest BCUT2D eigenvalue weighted by Crippen LogP contribution is 2.35. The molecule has 0 fully saturated rings. The van der Waals surface area contributed by atoms with Gasteiger partial charge in [-0.05, 0) is 73.1 Å². The molecule has 0 saturated heterocycles. The Hall–Kier alpha value is -6.64. The fourth-order valence-corrected chi connectivity index (χ4v) is 6.96. The van der Waals surface area contributed by atoms with Crippen molar-refractivity contribution in [2.75, 3.05) is 0 Å². The summed E-state index contributed by atoms with van der Waals surface area (Å²) in [6.45, 7) is 0. The van der Waals surface area contributed by atoms with E-state index in [0.717, 1.165) is 39.2 Å². The van der Waals surface area contributed by atoms with Crippen LogP contribution in [-0.2, 0) is 0 Å². The van der Waals surface area contributed by atoms with Gasteiger partial charge in [0.1, 0.15) is 0 Å². The summed E-state index contributed by atoms with van der Waals surface area (Å²) in [5.74, 6) is 0.697. The largest absolute Gasteiger partial charge is 0.228 e. The van der Waals surface area contributed by atoms with Crippen molar-refractivity contribution >= 4 is 21.5 Å². The lowest BCUT2D eigenvalue weighted by Gasteiger charge is -2.13. The van der Waals surface area contributed by atoms with Crippen LogP contribution in [0.4, 0.5) is 0 Å². The van der Waals surface area contributed by atoms with E-state index in [1.54, 1.807) is 0 Å². The molecule has 234 valence electrons. The molecule has 50 heavy (non-hydrogen) atoms. The molecule has 0 radical (unpaired) electrons. The molecule has 0 unspecified atom stereocenters. The van der Waals surface area contributed by atoms with Crippen LogP contribution < -0.4 is 0 Å². The van der Waals surface area contributed by atoms with Gasteiger partial charge in [-0.25, -0.2) is 9.97 Å². The van der Waals surface area contributed by atoms with Crippen LogP contribution in [0.3, 0.4) is 0 Å². The molecule has 0 bridgehead atoms. The van der Waals surface area contributed by atoms with E-state index in [9.17, 15) is 0 Å². The molecule has 0 aliphatic rings. The molecule has 9 aromatic rings. The van der Waals surface area contributed by atoms with Crippen molar-refractivity contribution in [3.05, 3.63) is 194 Å². The zero-order valence-corrected chi connectivity index (χ0v) is 27.4. The second-order valence-corrected chi connectivity index (χ2v) is 12.6. The van der Waals surface area contributed by atoms with E-state index >= 15 is 0 Å². The third kappa shape index (κ3) is 5.63. The summed E-state index contributed by atoms with van der Waals surface area (Å²) < 4.78 is 0. The standard InChI is InChI=1S/C48H32N2/c1-2-12-33(13-3-1)34-26-28-37(29-27-34)46-32-47(40-20-8-18-38(30-40)44-24-10-16-35-14-4-6-22-42(35)44)50-48(49-46)41-21-9-19-39(31-41)45-25-11-17-36-15-5-7-23-43(36)45/h1-32H. The van der Waals surface area contributed by atoms with Crippen LogP contribution in [0.5, 0.6) is 0 Å². The maximum absolute atomic E-state index is 5.25. The molecule has 0 spiro atoms. The van der Waals surface area contributed by atoms with Gasteiger partial charge in [-0.15, -0.1) is 0 Å². The van der Waals surface area contributed by atoms with E-state index in [1.807, 2.05) is 6.07 Å². The molecule has 2 heteroatoms. The summed E-state index contributed by atoms with van der Waals surface area (Å²) in [5, 5.41) is 4.92. The van der Waals surface area contributed by atoms with Crippen molar-refractivity contribution in [1.82, 2.24) is 9.97 Å². The molecule has 9 rings (SSSR count). The smallest absolute Gasteiger partial charge is 0.160 e. The molecule has 0 amide bonds. The first-order chi connectivity index (χ1) is 24.8. The number of rotatable bonds is 6. The Kier molecular flexibility index (Phi) is 7.53. The summed E-state index contributed by atoms with van der Waals surface area (Å²) in [4.78, 5) is 10.5. The number of hydrogen-bond donors (Lipinski definition) is 0. The van der Waals surface area contributed by atoms with Gasteiger partial charge in [0.25, 0.3) is 0 Å². The molecular formula is C48H32N2. The van der Waals surface area contributed by atoms with E-state index in [4.69, 9.17) is 9.97 Å². The van der Waals surface area contributed by atoms with Crippen LogP contribution >= 0.6 is 0 Å². The Labute approximate surface area is 292 Å². The molecule has 0 N–H and O–H groups in total. The van der Waals surface area contributed by atoms with Crippen molar-refractivity contribution < 1.29 is 0 Å². The van der Waals surface area contributed by atoms with Gasteiger partial charge in [0.15, 0.2) is 5.82 Å². The van der Waals surface area contributed by atoms with E-state index in [0.29, 0.717) is 5.82 Å². The summed E-state index contributed by atoms with van der Waals surface area (Å²) >= 11 is 0. The Balaban J connectivity index is 1.19.